The first kappa shape index (κ1) is 39.4. The van der Waals surface area contributed by atoms with Gasteiger partial charge in [-0.1, -0.05) is 6.07 Å². The van der Waals surface area contributed by atoms with E-state index in [4.69, 9.17) is 39.1 Å². The van der Waals surface area contributed by atoms with Crippen LogP contribution in [0.5, 0.6) is 0 Å². The lowest BCUT2D eigenvalue weighted by molar-refractivity contribution is -0.193. The summed E-state index contributed by atoms with van der Waals surface area (Å²) in [5.74, 6) is -6.12. The van der Waals surface area contributed by atoms with Gasteiger partial charge in [0.15, 0.2) is 0 Å². The maximum absolute atomic E-state index is 10.6. The van der Waals surface area contributed by atoms with Crippen LogP contribution in [-0.4, -0.2) is 89.7 Å². The Morgan fingerprint density at radius 2 is 1.41 bits per heavy atom. The Kier molecular flexibility index (Phi) is 14.7. The number of imidazole rings is 1. The number of carboxylic acid groups (broad SMARTS) is 3. The maximum atomic E-state index is 10.6. The minimum Gasteiger partial charge on any atom is -0.475 e. The number of rotatable bonds is 6. The molecule has 0 saturated carbocycles. The molecule has 0 atom stereocenters. The molecule has 0 fully saturated rings. The minimum absolute atomic E-state index is 0.840. The van der Waals surface area contributed by atoms with E-state index in [2.05, 4.69) is 38.7 Å². The summed E-state index contributed by atoms with van der Waals surface area (Å²) in [5.41, 5.74) is 2.35. The summed E-state index contributed by atoms with van der Waals surface area (Å²) in [4.78, 5) is 40.4. The smallest absolute Gasteiger partial charge is 0.475 e. The highest BCUT2D eigenvalue weighted by Gasteiger charge is 2.39. The van der Waals surface area contributed by atoms with Gasteiger partial charge in [-0.25, -0.2) is 19.4 Å². The Hall–Kier alpha value is -4.66. The molecular formula is C25H26F9N5O7. The van der Waals surface area contributed by atoms with E-state index >= 15 is 0 Å². The van der Waals surface area contributed by atoms with Crippen molar-refractivity contribution in [3.8, 4) is 0 Å². The quantitative estimate of drug-likeness (QED) is 0.316. The molecule has 4 heterocycles. The number of carboxylic acids is 3. The van der Waals surface area contributed by atoms with E-state index in [0.717, 1.165) is 56.5 Å². The normalized spacial score (nSPS) is 13.2. The van der Waals surface area contributed by atoms with Crippen molar-refractivity contribution < 1.29 is 73.6 Å². The number of halogens is 9. The number of pyridine rings is 1. The summed E-state index contributed by atoms with van der Waals surface area (Å²) in [6.07, 6.45) is -7.60. The van der Waals surface area contributed by atoms with Gasteiger partial charge in [0, 0.05) is 44.8 Å². The number of aromatic nitrogens is 3. The highest BCUT2D eigenvalue weighted by Crippen LogP contribution is 2.17. The molecule has 3 aromatic rings. The van der Waals surface area contributed by atoms with E-state index in [0.29, 0.717) is 0 Å². The van der Waals surface area contributed by atoms with Crippen molar-refractivity contribution in [3.63, 3.8) is 0 Å². The van der Waals surface area contributed by atoms with Crippen molar-refractivity contribution in [2.75, 3.05) is 13.6 Å². The number of hydrogen-bond donors (Lipinski definition) is 3. The van der Waals surface area contributed by atoms with Gasteiger partial charge in [-0.05, 0) is 30.8 Å². The Labute approximate surface area is 253 Å². The number of alkyl halides is 9. The van der Waals surface area contributed by atoms with Crippen LogP contribution < -0.4 is 0 Å². The molecule has 21 heteroatoms. The molecule has 1 aliphatic rings. The Balaban J connectivity index is 0.000000413. The lowest BCUT2D eigenvalue weighted by Gasteiger charge is -2.26. The van der Waals surface area contributed by atoms with Crippen molar-refractivity contribution in [1.29, 1.82) is 0 Å². The van der Waals surface area contributed by atoms with Gasteiger partial charge in [-0.3, -0.25) is 14.8 Å². The zero-order chi connectivity index (χ0) is 35.3. The van der Waals surface area contributed by atoms with Gasteiger partial charge in [0.1, 0.15) is 11.6 Å². The molecule has 1 aliphatic heterocycles. The summed E-state index contributed by atoms with van der Waals surface area (Å²) < 4.78 is 103. The molecule has 0 aliphatic carbocycles. The molecule has 256 valence electrons. The highest BCUT2D eigenvalue weighted by atomic mass is 19.4. The summed E-state index contributed by atoms with van der Waals surface area (Å²) in [6.45, 7) is 5.43. The molecule has 3 N–H and O–H groups in total. The fourth-order valence-electron chi connectivity index (χ4n) is 3.33. The molecular weight excluding hydrogens is 653 g/mol. The van der Waals surface area contributed by atoms with Crippen LogP contribution in [0.15, 0.2) is 53.5 Å². The molecule has 46 heavy (non-hydrogen) atoms. The van der Waals surface area contributed by atoms with Crippen LogP contribution in [0.2, 0.25) is 0 Å². The minimum atomic E-state index is -5.08. The maximum Gasteiger partial charge on any atom is 0.490 e. The van der Waals surface area contributed by atoms with E-state index in [1.54, 1.807) is 12.5 Å². The van der Waals surface area contributed by atoms with Crippen LogP contribution in [0.1, 0.15) is 22.8 Å². The number of hydrogen-bond acceptors (Lipinski definition) is 8. The van der Waals surface area contributed by atoms with E-state index in [9.17, 15) is 39.5 Å². The summed E-state index contributed by atoms with van der Waals surface area (Å²) in [7, 11) is 2.12. The van der Waals surface area contributed by atoms with Crippen LogP contribution in [0, 0.1) is 0 Å². The average Bonchev–Trinajstić information content (AvgIpc) is 3.58. The first-order valence-electron chi connectivity index (χ1n) is 12.4. The molecule has 0 amide bonds. The fourth-order valence-corrected chi connectivity index (χ4v) is 3.33. The second-order valence-electron chi connectivity index (χ2n) is 9.07. The third-order valence-corrected chi connectivity index (χ3v) is 5.23. The van der Waals surface area contributed by atoms with E-state index in [-0.39, 0.29) is 0 Å². The molecule has 3 aromatic heterocycles. The van der Waals surface area contributed by atoms with Crippen molar-refractivity contribution >= 4 is 17.9 Å². The number of nitrogens with zero attached hydrogens (tertiary/aromatic N) is 5. The Bertz CT molecular complexity index is 1320. The van der Waals surface area contributed by atoms with Gasteiger partial charge in [0.2, 0.25) is 0 Å². The summed E-state index contributed by atoms with van der Waals surface area (Å²) >= 11 is 0. The van der Waals surface area contributed by atoms with E-state index in [1.807, 2.05) is 24.4 Å². The Morgan fingerprint density at radius 3 is 1.85 bits per heavy atom. The van der Waals surface area contributed by atoms with Crippen LogP contribution in [-0.2, 0) is 47.1 Å². The Morgan fingerprint density at radius 1 is 0.870 bits per heavy atom. The summed E-state index contributed by atoms with van der Waals surface area (Å²) in [6, 6.07) is 8.05. The van der Waals surface area contributed by atoms with Gasteiger partial charge < -0.3 is 24.3 Å². The van der Waals surface area contributed by atoms with E-state index in [1.165, 1.54) is 5.56 Å². The predicted octanol–water partition coefficient (Wildman–Crippen LogP) is 4.42. The standard InChI is InChI=1S/C19H23N5O.3C2HF3O2/c1-22(11-16-4-2-6-20-10-16)12-17-13-24-8-7-23(15-19(24)21-17)14-18-5-3-9-25-18;3*3-2(4,5)1(6)7/h2-6,9-10,13H,7-8,11-12,14-15H2,1H3;3*(H,6,7). The molecule has 0 unspecified atom stereocenters. The van der Waals surface area contributed by atoms with Crippen molar-refractivity contribution in [1.82, 2.24) is 24.3 Å². The number of aliphatic carboxylic acids is 3. The van der Waals surface area contributed by atoms with Gasteiger partial charge >= 0.3 is 36.4 Å². The SMILES string of the molecule is CN(Cc1cccnc1)Cc1cn2c(n1)CN(Cc1ccco1)CC2.O=C(O)C(F)(F)F.O=C(O)C(F)(F)F.O=C(O)C(F)(F)F. The fraction of sp³-hybridized carbons (Fsp3) is 0.400. The molecule has 0 saturated heterocycles. The first-order chi connectivity index (χ1) is 21.1. The average molecular weight is 679 g/mol. The van der Waals surface area contributed by atoms with Crippen LogP contribution in [0.25, 0.3) is 0 Å². The third-order valence-electron chi connectivity index (χ3n) is 5.23. The predicted molar refractivity (Wildman–Crippen MR) is 136 cm³/mol. The summed E-state index contributed by atoms with van der Waals surface area (Å²) in [5, 5.41) is 21.4. The molecule has 0 radical (unpaired) electrons. The topological polar surface area (TPSA) is 162 Å². The largest absolute Gasteiger partial charge is 0.490 e. The van der Waals surface area contributed by atoms with Crippen molar-refractivity contribution in [2.45, 2.75) is 51.3 Å². The highest BCUT2D eigenvalue weighted by molar-refractivity contribution is 5.73. The third kappa shape index (κ3) is 15.4. The van der Waals surface area contributed by atoms with Crippen molar-refractivity contribution in [2.24, 2.45) is 0 Å². The van der Waals surface area contributed by atoms with Gasteiger partial charge in [0.05, 0.1) is 25.0 Å². The number of furan rings is 1. The second-order valence-corrected chi connectivity index (χ2v) is 9.07. The molecule has 0 aromatic carbocycles. The van der Waals surface area contributed by atoms with Crippen LogP contribution in [0.4, 0.5) is 39.5 Å². The zero-order valence-electron chi connectivity index (χ0n) is 23.5. The lowest BCUT2D eigenvalue weighted by Crippen LogP contribution is -2.33. The van der Waals surface area contributed by atoms with Gasteiger partial charge in [0.25, 0.3) is 0 Å². The monoisotopic (exact) mass is 679 g/mol. The van der Waals surface area contributed by atoms with Gasteiger partial charge in [-0.2, -0.15) is 39.5 Å². The van der Waals surface area contributed by atoms with Gasteiger partial charge in [-0.15, -0.1) is 0 Å². The molecule has 4 rings (SSSR count). The van der Waals surface area contributed by atoms with Crippen LogP contribution in [0.3, 0.4) is 0 Å². The lowest BCUT2D eigenvalue weighted by atomic mass is 10.2. The second kappa shape index (κ2) is 17.1. The van der Waals surface area contributed by atoms with E-state index < -0.39 is 36.4 Å². The zero-order valence-corrected chi connectivity index (χ0v) is 23.5. The van der Waals surface area contributed by atoms with Crippen LogP contribution >= 0.6 is 0 Å². The molecule has 12 nitrogen and oxygen atoms in total. The molecule has 0 spiro atoms. The number of fused-ring (bicyclic) bond motifs is 1. The van der Waals surface area contributed by atoms with Crippen molar-refractivity contribution in [3.05, 3.63) is 72.0 Å². The number of carbonyl (C=O) groups is 3. The first-order valence-corrected chi connectivity index (χ1v) is 12.4. The molecule has 0 bridgehead atoms.